The molecular formula is C68H64Cl6F3N12O9Y-. The molecule has 0 spiro atoms. The monoisotopic (exact) mass is 1550 g/mol. The molecular weight excluding hydrogens is 1490 g/mol. The van der Waals surface area contributed by atoms with Crippen LogP contribution < -0.4 is 39.2 Å². The van der Waals surface area contributed by atoms with Crippen molar-refractivity contribution in [3.05, 3.63) is 152 Å². The van der Waals surface area contributed by atoms with Crippen LogP contribution in [0.25, 0.3) is 32.7 Å². The maximum atomic E-state index is 16.1. The Morgan fingerprint density at radius 2 is 1.04 bits per heavy atom. The minimum atomic E-state index is -0.785. The van der Waals surface area contributed by atoms with Crippen LogP contribution in [0.15, 0.2) is 104 Å². The molecule has 0 aliphatic carbocycles. The summed E-state index contributed by atoms with van der Waals surface area (Å²) >= 11 is 36.2. The summed E-state index contributed by atoms with van der Waals surface area (Å²) in [6.45, 7) is 9.40. The number of carbonyl (C=O) groups is 2. The Morgan fingerprint density at radius 1 is 0.596 bits per heavy atom. The van der Waals surface area contributed by atoms with Crippen molar-refractivity contribution in [3.8, 4) is 34.5 Å². The van der Waals surface area contributed by atoms with Crippen LogP contribution in [0, 0.1) is 23.4 Å². The number of hydrogen-bond acceptors (Lipinski definition) is 18. The van der Waals surface area contributed by atoms with E-state index in [2.05, 4.69) is 54.0 Å². The summed E-state index contributed by atoms with van der Waals surface area (Å²) in [5, 5.41) is 16.8. The molecule has 3 saturated heterocycles. The fraction of sp³-hybridized carbons (Fsp3) is 0.309. The van der Waals surface area contributed by atoms with E-state index in [4.69, 9.17) is 93.3 Å². The van der Waals surface area contributed by atoms with E-state index >= 15 is 4.39 Å². The first-order valence-corrected chi connectivity index (χ1v) is 33.0. The van der Waals surface area contributed by atoms with Gasteiger partial charge in [0.25, 0.3) is 0 Å². The van der Waals surface area contributed by atoms with Gasteiger partial charge in [-0.1, -0.05) is 83.1 Å². The third-order valence-corrected chi connectivity index (χ3v) is 19.0. The summed E-state index contributed by atoms with van der Waals surface area (Å²) in [5.74, 6) is 1.09. The molecule has 3 aliphatic heterocycles. The molecule has 0 atom stereocenters. The second-order valence-electron chi connectivity index (χ2n) is 22.8. The number of fused-ring (bicyclic) bond motifs is 3. The normalized spacial score (nSPS) is 14.3. The van der Waals surface area contributed by atoms with Crippen molar-refractivity contribution in [2.45, 2.75) is 64.1 Å². The minimum Gasteiger partial charge on any atom is -0.520 e. The first-order valence-electron chi connectivity index (χ1n) is 30.7. The molecule has 12 rings (SSSR count). The second-order valence-corrected chi connectivity index (χ2v) is 25.2. The molecule has 6 heterocycles. The third kappa shape index (κ3) is 17.9. The van der Waals surface area contributed by atoms with Crippen LogP contribution in [0.3, 0.4) is 0 Å². The summed E-state index contributed by atoms with van der Waals surface area (Å²) in [4.78, 5) is 68.9. The number of piperidine rings is 3. The van der Waals surface area contributed by atoms with Crippen molar-refractivity contribution in [3.63, 3.8) is 0 Å². The van der Waals surface area contributed by atoms with Crippen molar-refractivity contribution in [2.24, 2.45) is 5.92 Å². The Balaban J connectivity index is 0.000000283. The number of likely N-dealkylation sites (tertiary alicyclic amines) is 3. The van der Waals surface area contributed by atoms with Gasteiger partial charge >= 0.3 is 0 Å². The van der Waals surface area contributed by atoms with E-state index in [1.807, 2.05) is 6.41 Å². The van der Waals surface area contributed by atoms with E-state index in [1.165, 1.54) is 88.9 Å². The van der Waals surface area contributed by atoms with E-state index in [9.17, 15) is 28.3 Å². The topological polar surface area (TPSA) is 232 Å². The number of aromatic hydroxyl groups is 1. The van der Waals surface area contributed by atoms with Gasteiger partial charge in [-0.25, -0.2) is 43.1 Å². The molecule has 9 aromatic rings. The largest absolute Gasteiger partial charge is 0.520 e. The molecule has 3 N–H and O–H groups in total. The maximum absolute atomic E-state index is 16.1. The van der Waals surface area contributed by atoms with Crippen molar-refractivity contribution in [1.29, 1.82) is 0 Å². The number of phenols is 1. The molecule has 517 valence electrons. The molecule has 31 heteroatoms. The smallest absolute Gasteiger partial charge is 0.245 e. The summed E-state index contributed by atoms with van der Waals surface area (Å²) in [6.07, 6.45) is 11.1. The Morgan fingerprint density at radius 3 is 1.54 bits per heavy atom. The number of benzene rings is 6. The molecule has 1 radical (unpaired) electrons. The van der Waals surface area contributed by atoms with Crippen LogP contribution >= 0.6 is 69.6 Å². The number of nitrogens with one attached hydrogen (secondary N) is 2. The fourth-order valence-electron chi connectivity index (χ4n) is 11.2. The maximum Gasteiger partial charge on any atom is 0.245 e. The van der Waals surface area contributed by atoms with Crippen molar-refractivity contribution >= 4 is 155 Å². The molecule has 3 aromatic heterocycles. The first-order chi connectivity index (χ1) is 47.2. The van der Waals surface area contributed by atoms with E-state index < -0.39 is 17.5 Å². The number of amides is 3. The fourth-order valence-corrected chi connectivity index (χ4v) is 12.1. The molecule has 3 fully saturated rings. The number of rotatable bonds is 18. The molecule has 3 amide bonds. The van der Waals surface area contributed by atoms with Gasteiger partial charge in [0.1, 0.15) is 48.6 Å². The molecule has 0 bridgehead atoms. The second kappa shape index (κ2) is 34.6. The summed E-state index contributed by atoms with van der Waals surface area (Å²) in [5.41, 5.74) is 1.76. The van der Waals surface area contributed by atoms with Crippen LogP contribution in [-0.2, 0) is 47.1 Å². The zero-order valence-electron chi connectivity index (χ0n) is 53.7. The number of carbonyl (C=O) groups excluding carboxylic acids is 3. The number of nitrogens with zero attached hydrogens (tertiary/aromatic N) is 10. The number of aromatic nitrogens is 6. The Labute approximate surface area is 623 Å². The van der Waals surface area contributed by atoms with Crippen LogP contribution in [-0.4, -0.2) is 147 Å². The number of methoxy groups -OCH3 is 3. The number of anilines is 6. The third-order valence-electron chi connectivity index (χ3n) is 16.7. The van der Waals surface area contributed by atoms with Crippen LogP contribution in [0.5, 0.6) is 34.5 Å². The van der Waals surface area contributed by atoms with Gasteiger partial charge in [0, 0.05) is 132 Å². The van der Waals surface area contributed by atoms with Gasteiger partial charge in [0.2, 0.25) is 11.8 Å². The zero-order valence-corrected chi connectivity index (χ0v) is 61.1. The van der Waals surface area contributed by atoms with Gasteiger partial charge in [0.05, 0.1) is 85.1 Å². The SMILES string of the molecule is C=CC(=O)N1CCC(Oc2cc3c(N(CCC(=O)N4CCC(Oc5cc6c(Nc7ccc(Cl)c(Cl)c7F)ncnc6cc5OC)CC4)c4ccc(Cl)c(Cl)c4F)ncnc3cc2OC)CC1.CC1CCN([C-]=O)CC1.COc1cc2ncnc(Nc3ccc(Cl)c(Cl)c3F)c2cc1O.[Y]. The van der Waals surface area contributed by atoms with E-state index in [0.717, 1.165) is 31.8 Å². The van der Waals surface area contributed by atoms with E-state index in [0.29, 0.717) is 125 Å². The Bertz CT molecular complexity index is 4440. The molecule has 3 aliphatic rings. The quantitative estimate of drug-likeness (QED) is 0.0412. The standard InChI is InChI=1S/C46H42Cl4F2N8O6.C15H10Cl2FN3O2.C7H12NO.Y/c1-4-39(61)58-14-9-25(10-15-58)66-38-20-28-33(22-36(38)64-3)54-24-56-46(28)60(34-8-6-30(48)42(50)44(34)52)18-13-40(62)59-16-11-26(12-17-59)65-37-19-27-32(21-35(37)63-2)53-23-55-45(27)57-31-7-5-29(47)41(49)43(31)51;1-23-12-5-10-7(4-11(12)22)15(20-6-19-10)21-9-3-2-8(16)13(17)14(9)18;1-7-2-4-8(6-9)5-3-7;/h4-8,19-26H,1,9-18H2,2-3H3,(H,53,55,57);2-6,22H,1H3,(H,19,20,21);7H,2-5H2,1H3;/q;;-1;. The zero-order chi connectivity index (χ0) is 69.9. The number of halogens is 9. The Kier molecular flexibility index (Phi) is 26.4. The van der Waals surface area contributed by atoms with Gasteiger partial charge in [0.15, 0.2) is 51.9 Å². The average molecular weight is 1550 g/mol. The van der Waals surface area contributed by atoms with Crippen LogP contribution in [0.2, 0.25) is 30.1 Å². The minimum absolute atomic E-state index is 0. The molecule has 99 heavy (non-hydrogen) atoms. The van der Waals surface area contributed by atoms with Gasteiger partial charge in [-0.3, -0.25) is 9.59 Å². The van der Waals surface area contributed by atoms with E-state index in [-0.39, 0.29) is 128 Å². The van der Waals surface area contributed by atoms with Gasteiger partial charge in [-0.2, -0.15) is 6.41 Å². The number of phenolic OH excluding ortho intramolecular Hbond substituents is 1. The molecule has 21 nitrogen and oxygen atoms in total. The first kappa shape index (κ1) is 75.5. The average Bonchev–Trinajstić information content (AvgIpc) is 0.772. The summed E-state index contributed by atoms with van der Waals surface area (Å²) in [6, 6.07) is 18.7. The number of hydrogen-bond donors (Lipinski definition) is 3. The number of ether oxygens (including phenoxy) is 5. The predicted octanol–water partition coefficient (Wildman–Crippen LogP) is 15.7. The predicted molar refractivity (Wildman–Crippen MR) is 374 cm³/mol. The van der Waals surface area contributed by atoms with Gasteiger partial charge < -0.3 is 63.8 Å². The van der Waals surface area contributed by atoms with Gasteiger partial charge in [-0.05, 0) is 92.5 Å². The Hall–Kier alpha value is -7.68. The van der Waals surface area contributed by atoms with Crippen LogP contribution in [0.4, 0.5) is 47.7 Å². The van der Waals surface area contributed by atoms with E-state index in [1.54, 1.807) is 49.9 Å². The summed E-state index contributed by atoms with van der Waals surface area (Å²) in [7, 11) is 4.48. The van der Waals surface area contributed by atoms with Crippen molar-refractivity contribution < 1.29 is 89.1 Å². The van der Waals surface area contributed by atoms with Crippen molar-refractivity contribution in [1.82, 2.24) is 44.6 Å². The summed E-state index contributed by atoms with van der Waals surface area (Å²) < 4.78 is 74.5. The van der Waals surface area contributed by atoms with Gasteiger partial charge in [-0.15, -0.1) is 0 Å². The van der Waals surface area contributed by atoms with Crippen molar-refractivity contribution in [2.75, 3.05) is 82.7 Å². The molecule has 6 aromatic carbocycles. The van der Waals surface area contributed by atoms with Crippen LogP contribution in [0.1, 0.15) is 51.9 Å². The molecule has 0 unspecified atom stereocenters. The molecule has 0 saturated carbocycles.